The first-order valence-corrected chi connectivity index (χ1v) is 6.40. The van der Waals surface area contributed by atoms with Gasteiger partial charge in [-0.15, -0.1) is 0 Å². The Morgan fingerprint density at radius 2 is 1.94 bits per heavy atom. The van der Waals surface area contributed by atoms with Crippen LogP contribution in [0.4, 0.5) is 0 Å². The van der Waals surface area contributed by atoms with Crippen molar-refractivity contribution in [1.29, 1.82) is 0 Å². The number of hydrogen-bond acceptors (Lipinski definition) is 1. The molecule has 86 valence electrons. The third-order valence-corrected chi connectivity index (χ3v) is 4.29. The van der Waals surface area contributed by atoms with Gasteiger partial charge in [-0.1, -0.05) is 28.1 Å². The Bertz CT molecular complexity index is 405. The number of rotatable bonds is 2. The molecule has 3 heteroatoms. The van der Waals surface area contributed by atoms with Gasteiger partial charge in [-0.3, -0.25) is 4.79 Å². The Morgan fingerprint density at radius 3 is 2.44 bits per heavy atom. The van der Waals surface area contributed by atoms with Crippen molar-refractivity contribution in [2.75, 3.05) is 6.54 Å². The van der Waals surface area contributed by atoms with Crippen LogP contribution in [0.1, 0.15) is 29.5 Å². The number of amides is 1. The zero-order valence-corrected chi connectivity index (χ0v) is 11.3. The van der Waals surface area contributed by atoms with Crippen molar-refractivity contribution in [3.63, 3.8) is 0 Å². The molecule has 1 fully saturated rings. The molecule has 0 aromatic heterocycles. The molecular formula is C13H16BrNO. The Kier molecular flexibility index (Phi) is 3.33. The lowest BCUT2D eigenvalue weighted by Gasteiger charge is -2.17. The second kappa shape index (κ2) is 4.58. The Hall–Kier alpha value is -0.830. The van der Waals surface area contributed by atoms with Crippen LogP contribution >= 0.6 is 15.9 Å². The van der Waals surface area contributed by atoms with Crippen LogP contribution in [-0.4, -0.2) is 17.4 Å². The molecular weight excluding hydrogens is 266 g/mol. The minimum atomic E-state index is 0.290. The van der Waals surface area contributed by atoms with Gasteiger partial charge in [-0.05, 0) is 37.0 Å². The topological polar surface area (TPSA) is 20.3 Å². The van der Waals surface area contributed by atoms with E-state index in [4.69, 9.17) is 0 Å². The predicted octanol–water partition coefficient (Wildman–Crippen LogP) is 3.19. The predicted molar refractivity (Wildman–Crippen MR) is 68.3 cm³/mol. The fraction of sp³-hybridized carbons (Fsp3) is 0.462. The average molecular weight is 282 g/mol. The van der Waals surface area contributed by atoms with E-state index in [0.29, 0.717) is 12.3 Å². The van der Waals surface area contributed by atoms with Gasteiger partial charge in [0.25, 0.3) is 0 Å². The molecule has 1 aliphatic heterocycles. The first kappa shape index (κ1) is 11.6. The summed E-state index contributed by atoms with van der Waals surface area (Å²) in [6.45, 7) is 5.85. The molecule has 1 aliphatic rings. The summed E-state index contributed by atoms with van der Waals surface area (Å²) in [7, 11) is 0. The quantitative estimate of drug-likeness (QED) is 0.815. The van der Waals surface area contributed by atoms with E-state index in [1.54, 1.807) is 0 Å². The third-order valence-electron chi connectivity index (χ3n) is 3.04. The van der Waals surface area contributed by atoms with Gasteiger partial charge in [0.1, 0.15) is 0 Å². The van der Waals surface area contributed by atoms with Crippen LogP contribution in [0.25, 0.3) is 0 Å². The van der Waals surface area contributed by atoms with Gasteiger partial charge in [0.15, 0.2) is 0 Å². The molecule has 0 unspecified atom stereocenters. The highest BCUT2D eigenvalue weighted by molar-refractivity contribution is 9.10. The van der Waals surface area contributed by atoms with Gasteiger partial charge in [0.05, 0.1) is 0 Å². The maximum atomic E-state index is 11.5. The number of aryl methyl sites for hydroxylation is 2. The summed E-state index contributed by atoms with van der Waals surface area (Å²) in [4.78, 5) is 13.5. The van der Waals surface area contributed by atoms with Crippen molar-refractivity contribution in [3.05, 3.63) is 33.3 Å². The SMILES string of the molecule is Cc1cc(CN2CCCC2=O)cc(C)c1Br. The molecule has 0 atom stereocenters. The highest BCUT2D eigenvalue weighted by atomic mass is 79.9. The molecule has 1 heterocycles. The molecule has 16 heavy (non-hydrogen) atoms. The summed E-state index contributed by atoms with van der Waals surface area (Å²) in [5.41, 5.74) is 3.71. The highest BCUT2D eigenvalue weighted by Crippen LogP contribution is 2.24. The van der Waals surface area contributed by atoms with Gasteiger partial charge in [0, 0.05) is 24.0 Å². The van der Waals surface area contributed by atoms with E-state index in [-0.39, 0.29) is 0 Å². The summed E-state index contributed by atoms with van der Waals surface area (Å²) in [6.07, 6.45) is 1.72. The largest absolute Gasteiger partial charge is 0.338 e. The van der Waals surface area contributed by atoms with Crippen molar-refractivity contribution < 1.29 is 4.79 Å². The van der Waals surface area contributed by atoms with Crippen molar-refractivity contribution in [2.45, 2.75) is 33.2 Å². The zero-order valence-electron chi connectivity index (χ0n) is 9.72. The first-order chi connectivity index (χ1) is 7.58. The average Bonchev–Trinajstić information content (AvgIpc) is 2.61. The molecule has 1 amide bonds. The monoisotopic (exact) mass is 281 g/mol. The summed E-state index contributed by atoms with van der Waals surface area (Å²) >= 11 is 3.56. The van der Waals surface area contributed by atoms with Gasteiger partial charge < -0.3 is 4.90 Å². The van der Waals surface area contributed by atoms with Gasteiger partial charge in [0.2, 0.25) is 5.91 Å². The maximum absolute atomic E-state index is 11.5. The second-order valence-electron chi connectivity index (χ2n) is 4.46. The summed E-state index contributed by atoms with van der Waals surface area (Å²) in [6, 6.07) is 4.31. The zero-order chi connectivity index (χ0) is 11.7. The van der Waals surface area contributed by atoms with Crippen molar-refractivity contribution in [3.8, 4) is 0 Å². The molecule has 0 radical (unpaired) electrons. The molecule has 0 bridgehead atoms. The first-order valence-electron chi connectivity index (χ1n) is 5.61. The Balaban J connectivity index is 2.18. The number of halogens is 1. The van der Waals surface area contributed by atoms with Crippen LogP contribution in [0.3, 0.4) is 0 Å². The van der Waals surface area contributed by atoms with Crippen LogP contribution in [0, 0.1) is 13.8 Å². The summed E-state index contributed by atoms with van der Waals surface area (Å²) in [5.74, 6) is 0.290. The molecule has 0 N–H and O–H groups in total. The highest BCUT2D eigenvalue weighted by Gasteiger charge is 2.20. The van der Waals surface area contributed by atoms with E-state index in [2.05, 4.69) is 41.9 Å². The van der Waals surface area contributed by atoms with Crippen molar-refractivity contribution in [1.82, 2.24) is 4.90 Å². The van der Waals surface area contributed by atoms with Crippen LogP contribution in [0.5, 0.6) is 0 Å². The van der Waals surface area contributed by atoms with E-state index in [1.165, 1.54) is 21.2 Å². The molecule has 1 aromatic rings. The van der Waals surface area contributed by atoms with Gasteiger partial charge in [-0.2, -0.15) is 0 Å². The Morgan fingerprint density at radius 1 is 1.31 bits per heavy atom. The van der Waals surface area contributed by atoms with Crippen molar-refractivity contribution >= 4 is 21.8 Å². The molecule has 1 aromatic carbocycles. The molecule has 0 saturated carbocycles. The lowest BCUT2D eigenvalue weighted by molar-refractivity contribution is -0.128. The number of nitrogens with zero attached hydrogens (tertiary/aromatic N) is 1. The fourth-order valence-corrected chi connectivity index (χ4v) is 2.45. The smallest absolute Gasteiger partial charge is 0.222 e. The normalized spacial score (nSPS) is 15.9. The van der Waals surface area contributed by atoms with Crippen LogP contribution in [0.2, 0.25) is 0 Å². The molecule has 0 aliphatic carbocycles. The molecule has 2 rings (SSSR count). The van der Waals surface area contributed by atoms with Crippen LogP contribution < -0.4 is 0 Å². The van der Waals surface area contributed by atoms with Gasteiger partial charge >= 0.3 is 0 Å². The molecule has 1 saturated heterocycles. The maximum Gasteiger partial charge on any atom is 0.222 e. The minimum Gasteiger partial charge on any atom is -0.338 e. The number of benzene rings is 1. The van der Waals surface area contributed by atoms with Crippen LogP contribution in [0.15, 0.2) is 16.6 Å². The number of likely N-dealkylation sites (tertiary alicyclic amines) is 1. The summed E-state index contributed by atoms with van der Waals surface area (Å²) < 4.78 is 1.17. The van der Waals surface area contributed by atoms with E-state index in [0.717, 1.165) is 19.5 Å². The van der Waals surface area contributed by atoms with Gasteiger partial charge in [-0.25, -0.2) is 0 Å². The van der Waals surface area contributed by atoms with E-state index in [9.17, 15) is 4.79 Å². The number of hydrogen-bond donors (Lipinski definition) is 0. The third kappa shape index (κ3) is 2.29. The second-order valence-corrected chi connectivity index (χ2v) is 5.26. The lowest BCUT2D eigenvalue weighted by Crippen LogP contribution is -2.23. The number of carbonyl (C=O) groups excluding carboxylic acids is 1. The molecule has 0 spiro atoms. The Labute approximate surface area is 105 Å². The fourth-order valence-electron chi connectivity index (χ4n) is 2.22. The van der Waals surface area contributed by atoms with E-state index >= 15 is 0 Å². The lowest BCUT2D eigenvalue weighted by atomic mass is 10.1. The van der Waals surface area contributed by atoms with E-state index < -0.39 is 0 Å². The standard InChI is InChI=1S/C13H16BrNO/c1-9-6-11(7-10(2)13(9)14)8-15-5-3-4-12(15)16/h6-7H,3-5,8H2,1-2H3. The van der Waals surface area contributed by atoms with Crippen LogP contribution in [-0.2, 0) is 11.3 Å². The summed E-state index contributed by atoms with van der Waals surface area (Å²) in [5, 5.41) is 0. The molecule has 2 nitrogen and oxygen atoms in total. The number of carbonyl (C=O) groups is 1. The van der Waals surface area contributed by atoms with Crippen molar-refractivity contribution in [2.24, 2.45) is 0 Å². The van der Waals surface area contributed by atoms with E-state index in [1.807, 2.05) is 4.90 Å². The minimum absolute atomic E-state index is 0.290.